The second-order valence-electron chi connectivity index (χ2n) is 4.70. The van der Waals surface area contributed by atoms with Crippen LogP contribution in [0.5, 0.6) is 0 Å². The number of carbonyl (C=O) groups is 2. The number of nitrogens with zero attached hydrogens (tertiary/aromatic N) is 3. The number of aromatic nitrogens is 3. The Hall–Kier alpha value is -2.68. The molecule has 0 radical (unpaired) electrons. The van der Waals surface area contributed by atoms with Crippen LogP contribution >= 0.6 is 11.8 Å². The van der Waals surface area contributed by atoms with Gasteiger partial charge in [0.15, 0.2) is 5.16 Å². The zero-order chi connectivity index (χ0) is 16.7. The van der Waals surface area contributed by atoms with Crippen LogP contribution in [0.3, 0.4) is 0 Å². The molecule has 2 rings (SSSR count). The normalized spacial score (nSPS) is 10.0. The van der Waals surface area contributed by atoms with Gasteiger partial charge in [-0.25, -0.2) is 10.4 Å². The SMILES string of the molecule is CC(C)=NNC(=O)c1ccc(NC(=O)CSc2ncn[nH]2)cc1. The molecule has 0 bridgehead atoms. The van der Waals surface area contributed by atoms with E-state index in [0.29, 0.717) is 16.4 Å². The molecule has 120 valence electrons. The van der Waals surface area contributed by atoms with E-state index in [0.717, 1.165) is 5.71 Å². The molecule has 0 unspecified atom stereocenters. The Bertz CT molecular complexity index is 693. The first-order valence-corrected chi connectivity index (χ1v) is 7.72. The summed E-state index contributed by atoms with van der Waals surface area (Å²) in [5, 5.41) is 13.5. The Morgan fingerprint density at radius 1 is 1.26 bits per heavy atom. The molecule has 0 aliphatic carbocycles. The fourth-order valence-electron chi connectivity index (χ4n) is 1.53. The van der Waals surface area contributed by atoms with E-state index in [1.54, 1.807) is 38.1 Å². The lowest BCUT2D eigenvalue weighted by Crippen LogP contribution is -2.18. The number of thioether (sulfide) groups is 1. The maximum absolute atomic E-state index is 11.8. The van der Waals surface area contributed by atoms with Gasteiger partial charge in [-0.1, -0.05) is 11.8 Å². The molecule has 0 spiro atoms. The lowest BCUT2D eigenvalue weighted by molar-refractivity contribution is -0.113. The quantitative estimate of drug-likeness (QED) is 0.423. The van der Waals surface area contributed by atoms with Gasteiger partial charge in [0.25, 0.3) is 5.91 Å². The summed E-state index contributed by atoms with van der Waals surface area (Å²) in [4.78, 5) is 27.5. The second kappa shape index (κ2) is 8.08. The molecule has 0 saturated heterocycles. The Morgan fingerprint density at radius 3 is 2.61 bits per heavy atom. The van der Waals surface area contributed by atoms with Crippen molar-refractivity contribution in [2.75, 3.05) is 11.1 Å². The third-order valence-corrected chi connectivity index (χ3v) is 3.42. The van der Waals surface area contributed by atoms with Crippen molar-refractivity contribution in [3.63, 3.8) is 0 Å². The number of hydrogen-bond donors (Lipinski definition) is 3. The molecule has 0 aliphatic rings. The predicted octanol–water partition coefficient (Wildman–Crippen LogP) is 1.66. The minimum Gasteiger partial charge on any atom is -0.325 e. The van der Waals surface area contributed by atoms with Gasteiger partial charge in [0.05, 0.1) is 5.75 Å². The lowest BCUT2D eigenvalue weighted by Gasteiger charge is -2.05. The average Bonchev–Trinajstić information content (AvgIpc) is 3.05. The van der Waals surface area contributed by atoms with Gasteiger partial charge in [0.2, 0.25) is 5.91 Å². The van der Waals surface area contributed by atoms with Gasteiger partial charge < -0.3 is 5.32 Å². The van der Waals surface area contributed by atoms with Gasteiger partial charge in [-0.05, 0) is 38.1 Å². The number of rotatable bonds is 6. The van der Waals surface area contributed by atoms with Crippen molar-refractivity contribution in [2.45, 2.75) is 19.0 Å². The number of amides is 2. The lowest BCUT2D eigenvalue weighted by atomic mass is 10.2. The maximum Gasteiger partial charge on any atom is 0.271 e. The molecular weight excluding hydrogens is 316 g/mol. The molecular formula is C14H16N6O2S. The molecule has 1 aromatic carbocycles. The highest BCUT2D eigenvalue weighted by atomic mass is 32.2. The zero-order valence-corrected chi connectivity index (χ0v) is 13.5. The third kappa shape index (κ3) is 5.55. The smallest absolute Gasteiger partial charge is 0.271 e. The van der Waals surface area contributed by atoms with Crippen LogP contribution in [-0.4, -0.2) is 38.5 Å². The van der Waals surface area contributed by atoms with Crippen LogP contribution in [0, 0.1) is 0 Å². The largest absolute Gasteiger partial charge is 0.325 e. The number of hydrogen-bond acceptors (Lipinski definition) is 6. The van der Waals surface area contributed by atoms with E-state index in [2.05, 4.69) is 31.0 Å². The first kappa shape index (κ1) is 16.7. The molecule has 1 heterocycles. The Morgan fingerprint density at radius 2 is 2.00 bits per heavy atom. The minimum absolute atomic E-state index is 0.171. The summed E-state index contributed by atoms with van der Waals surface area (Å²) in [6.45, 7) is 3.57. The number of hydrazone groups is 1. The maximum atomic E-state index is 11.8. The van der Waals surface area contributed by atoms with Crippen LogP contribution in [0.1, 0.15) is 24.2 Å². The van der Waals surface area contributed by atoms with Crippen LogP contribution in [0.4, 0.5) is 5.69 Å². The van der Waals surface area contributed by atoms with Crippen LogP contribution in [0.25, 0.3) is 0 Å². The molecule has 9 heteroatoms. The molecule has 2 aromatic rings. The van der Waals surface area contributed by atoms with Gasteiger partial charge in [-0.2, -0.15) is 10.2 Å². The van der Waals surface area contributed by atoms with E-state index in [1.165, 1.54) is 18.1 Å². The molecule has 8 nitrogen and oxygen atoms in total. The fourth-order valence-corrected chi connectivity index (χ4v) is 2.11. The van der Waals surface area contributed by atoms with E-state index < -0.39 is 0 Å². The van der Waals surface area contributed by atoms with Crippen LogP contribution in [-0.2, 0) is 4.79 Å². The van der Waals surface area contributed by atoms with Gasteiger partial charge in [-0.3, -0.25) is 14.7 Å². The van der Waals surface area contributed by atoms with Crippen LogP contribution in [0.15, 0.2) is 40.9 Å². The molecule has 0 aliphatic heterocycles. The van der Waals surface area contributed by atoms with E-state index in [1.807, 2.05) is 0 Å². The Labute approximate surface area is 137 Å². The van der Waals surface area contributed by atoms with Crippen molar-refractivity contribution in [1.29, 1.82) is 0 Å². The highest BCUT2D eigenvalue weighted by Gasteiger charge is 2.07. The molecule has 2 amide bonds. The molecule has 23 heavy (non-hydrogen) atoms. The first-order valence-electron chi connectivity index (χ1n) is 6.74. The van der Waals surface area contributed by atoms with E-state index in [9.17, 15) is 9.59 Å². The van der Waals surface area contributed by atoms with Gasteiger partial charge in [0, 0.05) is 17.0 Å². The third-order valence-electron chi connectivity index (χ3n) is 2.54. The van der Waals surface area contributed by atoms with Crippen molar-refractivity contribution >= 4 is 35.0 Å². The fraction of sp³-hybridized carbons (Fsp3) is 0.214. The topological polar surface area (TPSA) is 112 Å². The molecule has 0 saturated carbocycles. The summed E-state index contributed by atoms with van der Waals surface area (Å²) in [5.41, 5.74) is 4.27. The summed E-state index contributed by atoms with van der Waals surface area (Å²) in [6.07, 6.45) is 1.38. The number of carbonyl (C=O) groups excluding carboxylic acids is 2. The summed E-state index contributed by atoms with van der Waals surface area (Å²) in [6, 6.07) is 6.56. The number of benzene rings is 1. The zero-order valence-electron chi connectivity index (χ0n) is 12.7. The van der Waals surface area contributed by atoms with Crippen LogP contribution in [0.2, 0.25) is 0 Å². The predicted molar refractivity (Wildman–Crippen MR) is 88.4 cm³/mol. The number of anilines is 1. The van der Waals surface area contributed by atoms with Crippen molar-refractivity contribution in [2.24, 2.45) is 5.10 Å². The van der Waals surface area contributed by atoms with Crippen molar-refractivity contribution in [3.05, 3.63) is 36.2 Å². The van der Waals surface area contributed by atoms with Gasteiger partial charge >= 0.3 is 0 Å². The Balaban J connectivity index is 1.85. The Kier molecular flexibility index (Phi) is 5.87. The molecule has 0 atom stereocenters. The highest BCUT2D eigenvalue weighted by molar-refractivity contribution is 7.99. The summed E-state index contributed by atoms with van der Waals surface area (Å²) in [5.74, 6) is -0.262. The molecule has 3 N–H and O–H groups in total. The number of nitrogens with one attached hydrogen (secondary N) is 3. The van der Waals surface area contributed by atoms with Gasteiger partial charge in [0.1, 0.15) is 6.33 Å². The highest BCUT2D eigenvalue weighted by Crippen LogP contribution is 2.13. The molecule has 1 aromatic heterocycles. The van der Waals surface area contributed by atoms with Crippen molar-refractivity contribution in [3.8, 4) is 0 Å². The van der Waals surface area contributed by atoms with Crippen molar-refractivity contribution in [1.82, 2.24) is 20.6 Å². The standard InChI is InChI=1S/C14H16N6O2S/c1-9(2)18-19-13(22)10-3-5-11(6-4-10)17-12(21)7-23-14-15-8-16-20-14/h3-6,8H,7H2,1-2H3,(H,17,21)(H,19,22)(H,15,16,20). The summed E-state index contributed by atoms with van der Waals surface area (Å²) >= 11 is 1.25. The minimum atomic E-state index is -0.301. The first-order chi connectivity index (χ1) is 11.0. The van der Waals surface area contributed by atoms with Gasteiger partial charge in [-0.15, -0.1) is 0 Å². The monoisotopic (exact) mass is 332 g/mol. The van der Waals surface area contributed by atoms with E-state index in [-0.39, 0.29) is 17.6 Å². The van der Waals surface area contributed by atoms with E-state index in [4.69, 9.17) is 0 Å². The summed E-state index contributed by atoms with van der Waals surface area (Å²) in [7, 11) is 0. The van der Waals surface area contributed by atoms with Crippen LogP contribution < -0.4 is 10.7 Å². The average molecular weight is 332 g/mol. The number of aromatic amines is 1. The summed E-state index contributed by atoms with van der Waals surface area (Å²) < 4.78 is 0. The molecule has 0 fully saturated rings. The van der Waals surface area contributed by atoms with Crippen molar-refractivity contribution < 1.29 is 9.59 Å². The van der Waals surface area contributed by atoms with E-state index >= 15 is 0 Å². The second-order valence-corrected chi connectivity index (χ2v) is 5.67. The number of H-pyrrole nitrogens is 1.